The van der Waals surface area contributed by atoms with E-state index in [-0.39, 0.29) is 17.7 Å². The van der Waals surface area contributed by atoms with Crippen LogP contribution in [0.1, 0.15) is 12.5 Å². The largest absolute Gasteiger partial charge is 0.488 e. The Morgan fingerprint density at radius 2 is 1.84 bits per heavy atom. The van der Waals surface area contributed by atoms with E-state index in [1.54, 1.807) is 30.3 Å². The number of amides is 2. The first-order chi connectivity index (χ1) is 14.7. The van der Waals surface area contributed by atoms with E-state index in [1.807, 2.05) is 4.90 Å². The summed E-state index contributed by atoms with van der Waals surface area (Å²) >= 11 is 0. The first-order valence-corrected chi connectivity index (χ1v) is 9.81. The van der Waals surface area contributed by atoms with Crippen molar-refractivity contribution in [2.45, 2.75) is 19.1 Å². The first kappa shape index (κ1) is 19.8. The number of nitrogens with zero attached hydrogens (tertiary/aromatic N) is 5. The summed E-state index contributed by atoms with van der Waals surface area (Å²) in [4.78, 5) is 26.5. The quantitative estimate of drug-likeness (QED) is 0.642. The summed E-state index contributed by atoms with van der Waals surface area (Å²) < 4.78 is 59.3. The molecular weight excluding hydrogens is 418 g/mol. The number of urea groups is 1. The lowest BCUT2D eigenvalue weighted by Crippen LogP contribution is -2.74. The molecule has 0 N–H and O–H groups in total. The second-order valence-electron chi connectivity index (χ2n) is 8.34. The van der Waals surface area contributed by atoms with Crippen molar-refractivity contribution in [3.63, 3.8) is 0 Å². The lowest BCUT2D eigenvalue weighted by atomic mass is 9.73. The Balaban J connectivity index is 1.33. The van der Waals surface area contributed by atoms with Crippen molar-refractivity contribution in [1.82, 2.24) is 14.9 Å². The number of hydrogen-bond acceptors (Lipinski definition) is 5. The SMILES string of the molecule is CC1COc2c(ccc(F)c2C(F)(F)F)N1C(=O)N1CC2(C1)CN(c1ncccn1)C2. The standard InChI is InChI=1S/C20H19F4N5O2/c1-12-7-31-16-14(4-3-13(21)15(16)20(22,23)24)29(12)18(30)28-10-19(11-28)8-27(9-19)17-25-5-2-6-26-17/h2-6,12H,7-11H2,1H3. The average molecular weight is 437 g/mol. The zero-order valence-electron chi connectivity index (χ0n) is 16.6. The minimum atomic E-state index is -4.93. The highest BCUT2D eigenvalue weighted by atomic mass is 19.4. The number of ether oxygens (including phenoxy) is 1. The fourth-order valence-electron chi connectivity index (χ4n) is 4.57. The summed E-state index contributed by atoms with van der Waals surface area (Å²) in [6.45, 7) is 3.93. The lowest BCUT2D eigenvalue weighted by Gasteiger charge is -2.60. The molecule has 5 rings (SSSR count). The van der Waals surface area contributed by atoms with E-state index in [9.17, 15) is 22.4 Å². The van der Waals surface area contributed by atoms with Crippen LogP contribution in [0.15, 0.2) is 30.6 Å². The third-order valence-electron chi connectivity index (χ3n) is 5.96. The number of carbonyl (C=O) groups is 1. The van der Waals surface area contributed by atoms with Crippen LogP contribution in [-0.4, -0.2) is 59.7 Å². The van der Waals surface area contributed by atoms with Gasteiger partial charge < -0.3 is 14.5 Å². The number of fused-ring (bicyclic) bond motifs is 1. The number of alkyl halides is 3. The molecule has 3 aliphatic rings. The molecule has 0 bridgehead atoms. The molecule has 11 heteroatoms. The predicted molar refractivity (Wildman–Crippen MR) is 102 cm³/mol. The average Bonchev–Trinajstić information content (AvgIpc) is 2.65. The molecule has 1 atom stereocenters. The van der Waals surface area contributed by atoms with Gasteiger partial charge in [0.05, 0.1) is 11.7 Å². The number of carbonyl (C=O) groups excluding carboxylic acids is 1. The summed E-state index contributed by atoms with van der Waals surface area (Å²) in [6, 6.07) is 2.74. The molecule has 2 aromatic rings. The van der Waals surface area contributed by atoms with Gasteiger partial charge in [-0.1, -0.05) is 0 Å². The first-order valence-electron chi connectivity index (χ1n) is 9.81. The highest BCUT2D eigenvalue weighted by molar-refractivity contribution is 5.95. The van der Waals surface area contributed by atoms with E-state index >= 15 is 0 Å². The van der Waals surface area contributed by atoms with Crippen LogP contribution in [-0.2, 0) is 6.18 Å². The zero-order valence-corrected chi connectivity index (χ0v) is 16.6. The topological polar surface area (TPSA) is 61.8 Å². The summed E-state index contributed by atoms with van der Waals surface area (Å²) in [5.41, 5.74) is -1.61. The molecule has 2 amide bonds. The maximum absolute atomic E-state index is 13.9. The highest BCUT2D eigenvalue weighted by Crippen LogP contribution is 2.47. The van der Waals surface area contributed by atoms with Gasteiger partial charge in [0.25, 0.3) is 0 Å². The van der Waals surface area contributed by atoms with Crippen molar-refractivity contribution in [2.75, 3.05) is 42.6 Å². The molecule has 2 saturated heterocycles. The Hall–Kier alpha value is -3.11. The van der Waals surface area contributed by atoms with Crippen molar-refractivity contribution in [3.05, 3.63) is 42.0 Å². The van der Waals surface area contributed by atoms with Crippen molar-refractivity contribution < 1.29 is 27.1 Å². The van der Waals surface area contributed by atoms with Crippen LogP contribution >= 0.6 is 0 Å². The smallest absolute Gasteiger partial charge is 0.422 e. The maximum atomic E-state index is 13.9. The van der Waals surface area contributed by atoms with Crippen molar-refractivity contribution in [3.8, 4) is 5.75 Å². The van der Waals surface area contributed by atoms with Gasteiger partial charge in [0.2, 0.25) is 5.95 Å². The van der Waals surface area contributed by atoms with Crippen LogP contribution in [0.25, 0.3) is 0 Å². The van der Waals surface area contributed by atoms with E-state index < -0.39 is 35.4 Å². The predicted octanol–water partition coefficient (Wildman–Crippen LogP) is 3.16. The molecule has 164 valence electrons. The Labute approximate surface area is 175 Å². The third kappa shape index (κ3) is 3.14. The highest BCUT2D eigenvalue weighted by Gasteiger charge is 2.55. The van der Waals surface area contributed by atoms with E-state index in [4.69, 9.17) is 4.74 Å². The second kappa shape index (κ2) is 6.69. The fourth-order valence-corrected chi connectivity index (χ4v) is 4.57. The van der Waals surface area contributed by atoms with Gasteiger partial charge in [-0.15, -0.1) is 0 Å². The number of hydrogen-bond donors (Lipinski definition) is 0. The summed E-state index contributed by atoms with van der Waals surface area (Å²) in [6.07, 6.45) is -1.60. The van der Waals surface area contributed by atoms with Crippen molar-refractivity contribution in [2.24, 2.45) is 5.41 Å². The van der Waals surface area contributed by atoms with Gasteiger partial charge in [-0.25, -0.2) is 19.2 Å². The molecular formula is C20H19F4N5O2. The molecule has 0 saturated carbocycles. The van der Waals surface area contributed by atoms with Gasteiger partial charge in [0.15, 0.2) is 5.75 Å². The van der Waals surface area contributed by atoms with Crippen LogP contribution < -0.4 is 14.5 Å². The monoisotopic (exact) mass is 437 g/mol. The van der Waals surface area contributed by atoms with E-state index in [2.05, 4.69) is 9.97 Å². The molecule has 3 aliphatic heterocycles. The van der Waals surface area contributed by atoms with Gasteiger partial charge in [-0.2, -0.15) is 13.2 Å². The van der Waals surface area contributed by atoms with E-state index in [1.165, 1.54) is 11.0 Å². The van der Waals surface area contributed by atoms with Gasteiger partial charge >= 0.3 is 12.2 Å². The molecule has 7 nitrogen and oxygen atoms in total. The van der Waals surface area contributed by atoms with Crippen LogP contribution in [0, 0.1) is 11.2 Å². The van der Waals surface area contributed by atoms with Crippen molar-refractivity contribution >= 4 is 17.7 Å². The minimum absolute atomic E-state index is 0.0624. The van der Waals surface area contributed by atoms with Crippen LogP contribution in [0.3, 0.4) is 0 Å². The van der Waals surface area contributed by atoms with Crippen LogP contribution in [0.4, 0.5) is 34.0 Å². The third-order valence-corrected chi connectivity index (χ3v) is 5.96. The number of likely N-dealkylation sites (tertiary alicyclic amines) is 1. The Morgan fingerprint density at radius 3 is 2.48 bits per heavy atom. The lowest BCUT2D eigenvalue weighted by molar-refractivity contribution is -0.141. The number of halogens is 4. The number of aromatic nitrogens is 2. The summed E-state index contributed by atoms with van der Waals surface area (Å²) in [5, 5.41) is 0. The normalized spacial score (nSPS) is 21.8. The summed E-state index contributed by atoms with van der Waals surface area (Å²) in [7, 11) is 0. The molecule has 1 aromatic carbocycles. The van der Waals surface area contributed by atoms with Gasteiger partial charge in [0, 0.05) is 44.0 Å². The molecule has 1 aromatic heterocycles. The van der Waals surface area contributed by atoms with Gasteiger partial charge in [0.1, 0.15) is 18.0 Å². The Bertz CT molecular complexity index is 1020. The van der Waals surface area contributed by atoms with Crippen molar-refractivity contribution in [1.29, 1.82) is 0 Å². The molecule has 0 aliphatic carbocycles. The Morgan fingerprint density at radius 1 is 1.16 bits per heavy atom. The zero-order chi connectivity index (χ0) is 22.0. The molecule has 31 heavy (non-hydrogen) atoms. The molecule has 2 fully saturated rings. The number of anilines is 2. The summed E-state index contributed by atoms with van der Waals surface area (Å²) in [5.74, 6) is -1.42. The molecule has 1 spiro atoms. The number of rotatable bonds is 1. The Kier molecular flexibility index (Phi) is 4.28. The minimum Gasteiger partial charge on any atom is -0.488 e. The van der Waals surface area contributed by atoms with Crippen LogP contribution in [0.5, 0.6) is 5.75 Å². The number of benzene rings is 1. The van der Waals surface area contributed by atoms with Gasteiger partial charge in [-0.05, 0) is 25.1 Å². The fraction of sp³-hybridized carbons (Fsp3) is 0.450. The van der Waals surface area contributed by atoms with Gasteiger partial charge in [-0.3, -0.25) is 4.90 Å². The molecule has 0 radical (unpaired) electrons. The van der Waals surface area contributed by atoms with Crippen LogP contribution in [0.2, 0.25) is 0 Å². The molecule has 1 unspecified atom stereocenters. The van der Waals surface area contributed by atoms with E-state index in [0.29, 0.717) is 32.1 Å². The molecule has 4 heterocycles. The van der Waals surface area contributed by atoms with E-state index in [0.717, 1.165) is 6.07 Å². The second-order valence-corrected chi connectivity index (χ2v) is 8.34. The maximum Gasteiger partial charge on any atom is 0.422 e.